The van der Waals surface area contributed by atoms with Crippen LogP contribution >= 0.6 is 0 Å². The van der Waals surface area contributed by atoms with E-state index in [9.17, 15) is 9.59 Å². The maximum Gasteiger partial charge on any atom is 0.279 e. The van der Waals surface area contributed by atoms with Crippen molar-refractivity contribution in [1.82, 2.24) is 4.90 Å². The zero-order valence-corrected chi connectivity index (χ0v) is 17.3. The quantitative estimate of drug-likeness (QED) is 0.813. The number of aryl methyl sites for hydroxylation is 2. The van der Waals surface area contributed by atoms with Crippen LogP contribution in [0, 0.1) is 31.6 Å². The van der Waals surface area contributed by atoms with E-state index in [2.05, 4.69) is 5.32 Å². The first-order valence-corrected chi connectivity index (χ1v) is 11.0. The van der Waals surface area contributed by atoms with Gasteiger partial charge in [0.25, 0.3) is 5.91 Å². The fourth-order valence-corrected chi connectivity index (χ4v) is 5.65. The summed E-state index contributed by atoms with van der Waals surface area (Å²) in [5.41, 5.74) is 3.13. The van der Waals surface area contributed by atoms with Crippen LogP contribution in [0.1, 0.15) is 43.2 Å². The lowest BCUT2D eigenvalue weighted by Gasteiger charge is -2.33. The van der Waals surface area contributed by atoms with E-state index in [1.165, 1.54) is 30.6 Å². The molecule has 1 aromatic rings. The summed E-state index contributed by atoms with van der Waals surface area (Å²) in [6, 6.07) is 6.06. The summed E-state index contributed by atoms with van der Waals surface area (Å²) in [7, 11) is 0. The lowest BCUT2D eigenvalue weighted by Crippen LogP contribution is -3.15. The van der Waals surface area contributed by atoms with Crippen molar-refractivity contribution in [3.05, 3.63) is 29.3 Å². The van der Waals surface area contributed by atoms with Gasteiger partial charge in [0.1, 0.15) is 0 Å². The van der Waals surface area contributed by atoms with Crippen molar-refractivity contribution in [3.63, 3.8) is 0 Å². The third-order valence-corrected chi connectivity index (χ3v) is 7.30. The van der Waals surface area contributed by atoms with E-state index in [-0.39, 0.29) is 5.91 Å². The summed E-state index contributed by atoms with van der Waals surface area (Å²) in [5, 5.41) is 3.08. The molecule has 28 heavy (non-hydrogen) atoms. The number of nitrogens with one attached hydrogen (secondary N) is 2. The van der Waals surface area contributed by atoms with Crippen molar-refractivity contribution in [2.75, 3.05) is 38.0 Å². The predicted molar refractivity (Wildman–Crippen MR) is 110 cm³/mol. The highest BCUT2D eigenvalue weighted by Gasteiger charge is 2.41. The van der Waals surface area contributed by atoms with Gasteiger partial charge in [-0.3, -0.25) is 9.59 Å². The molecule has 4 rings (SSSR count). The third kappa shape index (κ3) is 4.24. The monoisotopic (exact) mass is 384 g/mol. The van der Waals surface area contributed by atoms with Crippen LogP contribution in [0.4, 0.5) is 5.69 Å². The van der Waals surface area contributed by atoms with E-state index in [1.807, 2.05) is 36.9 Å². The Morgan fingerprint density at radius 3 is 2.43 bits per heavy atom. The first-order valence-electron chi connectivity index (χ1n) is 11.0. The molecule has 1 aromatic carbocycles. The molecule has 2 saturated carbocycles. The van der Waals surface area contributed by atoms with Crippen LogP contribution in [-0.2, 0) is 9.59 Å². The van der Waals surface area contributed by atoms with Gasteiger partial charge >= 0.3 is 0 Å². The number of amides is 2. The minimum Gasteiger partial charge on any atom is -0.331 e. The van der Waals surface area contributed by atoms with E-state index in [0.29, 0.717) is 18.4 Å². The van der Waals surface area contributed by atoms with E-state index in [4.69, 9.17) is 0 Å². The highest BCUT2D eigenvalue weighted by atomic mass is 16.2. The summed E-state index contributed by atoms with van der Waals surface area (Å²) in [4.78, 5) is 28.5. The van der Waals surface area contributed by atoms with Gasteiger partial charge in [-0.05, 0) is 62.0 Å². The molecule has 0 spiro atoms. The van der Waals surface area contributed by atoms with Gasteiger partial charge in [0.05, 0.1) is 26.2 Å². The van der Waals surface area contributed by atoms with Gasteiger partial charge in [-0.15, -0.1) is 0 Å². The number of piperazine rings is 1. The minimum absolute atomic E-state index is 0.0640. The number of benzene rings is 1. The Balaban J connectivity index is 1.22. The Hall–Kier alpha value is -1.88. The number of carbonyl (C=O) groups excluding carboxylic acids is 2. The van der Waals surface area contributed by atoms with Gasteiger partial charge in [0.15, 0.2) is 6.54 Å². The first-order chi connectivity index (χ1) is 13.5. The van der Waals surface area contributed by atoms with E-state index in [0.717, 1.165) is 61.2 Å². The topological polar surface area (TPSA) is 53.9 Å². The van der Waals surface area contributed by atoms with Crippen molar-refractivity contribution >= 4 is 17.5 Å². The molecule has 0 aromatic heterocycles. The maximum absolute atomic E-state index is 12.7. The molecule has 1 heterocycles. The van der Waals surface area contributed by atoms with Crippen LogP contribution < -0.4 is 10.2 Å². The average molecular weight is 385 g/mol. The van der Waals surface area contributed by atoms with Crippen molar-refractivity contribution < 1.29 is 14.5 Å². The van der Waals surface area contributed by atoms with E-state index < -0.39 is 0 Å². The second-order valence-corrected chi connectivity index (χ2v) is 9.26. The van der Waals surface area contributed by atoms with Crippen LogP contribution in [0.25, 0.3) is 0 Å². The molecule has 5 heteroatoms. The summed E-state index contributed by atoms with van der Waals surface area (Å²) in [6.07, 6.45) is 6.13. The molecule has 3 atom stereocenters. The molecule has 1 saturated heterocycles. The van der Waals surface area contributed by atoms with Gasteiger partial charge in [-0.25, -0.2) is 0 Å². The van der Waals surface area contributed by atoms with Crippen molar-refractivity contribution in [1.29, 1.82) is 0 Å². The first kappa shape index (κ1) is 19.4. The number of anilines is 1. The molecular formula is C23H34N3O2+. The van der Waals surface area contributed by atoms with Gasteiger partial charge in [0, 0.05) is 12.1 Å². The summed E-state index contributed by atoms with van der Waals surface area (Å²) in [6.45, 7) is 7.82. The third-order valence-electron chi connectivity index (χ3n) is 7.30. The largest absolute Gasteiger partial charge is 0.331 e. The Morgan fingerprint density at radius 2 is 1.82 bits per heavy atom. The lowest BCUT2D eigenvalue weighted by atomic mass is 9.86. The Bertz CT molecular complexity index is 719. The Morgan fingerprint density at radius 1 is 1.11 bits per heavy atom. The second kappa shape index (κ2) is 8.24. The number of fused-ring (bicyclic) bond motifs is 2. The zero-order chi connectivity index (χ0) is 19.7. The molecule has 3 aliphatic rings. The molecule has 2 amide bonds. The number of hydrogen-bond acceptors (Lipinski definition) is 2. The van der Waals surface area contributed by atoms with Crippen molar-refractivity contribution in [3.8, 4) is 0 Å². The smallest absolute Gasteiger partial charge is 0.279 e. The van der Waals surface area contributed by atoms with Crippen LogP contribution in [-0.4, -0.2) is 49.4 Å². The van der Waals surface area contributed by atoms with Gasteiger partial charge in [-0.1, -0.05) is 24.6 Å². The average Bonchev–Trinajstić information content (AvgIpc) is 3.28. The number of rotatable bonds is 5. The maximum atomic E-state index is 12.7. The highest BCUT2D eigenvalue weighted by molar-refractivity contribution is 5.93. The van der Waals surface area contributed by atoms with Crippen molar-refractivity contribution in [2.24, 2.45) is 17.8 Å². The second-order valence-electron chi connectivity index (χ2n) is 9.26. The zero-order valence-electron chi connectivity index (χ0n) is 17.3. The fraction of sp³-hybridized carbons (Fsp3) is 0.652. The minimum atomic E-state index is 0.0640. The predicted octanol–water partition coefficient (Wildman–Crippen LogP) is 1.80. The highest BCUT2D eigenvalue weighted by Crippen LogP contribution is 2.49. The molecule has 2 N–H and O–H groups in total. The molecule has 1 aliphatic heterocycles. The fourth-order valence-electron chi connectivity index (χ4n) is 5.65. The van der Waals surface area contributed by atoms with E-state index >= 15 is 0 Å². The number of carbonyl (C=O) groups is 2. The number of quaternary nitrogens is 1. The standard InChI is InChI=1S/C23H33N3O2/c1-16-4-3-5-17(2)23(16)24-21(27)15-25-8-10-26(11-9-25)22(28)14-20-13-18-6-7-19(20)12-18/h3-5,18-20H,6-15H2,1-2H3,(H,24,27)/p+1/t18-,19-,20+/m1/s1. The summed E-state index contributed by atoms with van der Waals surface area (Å²) >= 11 is 0. The molecule has 3 fully saturated rings. The Labute approximate surface area is 168 Å². The van der Waals surface area contributed by atoms with Crippen LogP contribution in [0.5, 0.6) is 0 Å². The lowest BCUT2D eigenvalue weighted by molar-refractivity contribution is -0.895. The van der Waals surface area contributed by atoms with Gasteiger partial charge < -0.3 is 15.1 Å². The molecule has 2 bridgehead atoms. The van der Waals surface area contributed by atoms with Crippen LogP contribution in [0.3, 0.4) is 0 Å². The van der Waals surface area contributed by atoms with Crippen LogP contribution in [0.2, 0.25) is 0 Å². The summed E-state index contributed by atoms with van der Waals surface area (Å²) in [5.74, 6) is 2.76. The molecule has 0 unspecified atom stereocenters. The van der Waals surface area contributed by atoms with E-state index in [1.54, 1.807) is 0 Å². The molecule has 2 aliphatic carbocycles. The number of para-hydroxylation sites is 1. The van der Waals surface area contributed by atoms with Crippen molar-refractivity contribution in [2.45, 2.75) is 46.0 Å². The summed E-state index contributed by atoms with van der Waals surface area (Å²) < 4.78 is 0. The van der Waals surface area contributed by atoms with Crippen LogP contribution in [0.15, 0.2) is 18.2 Å². The van der Waals surface area contributed by atoms with Gasteiger partial charge in [0.2, 0.25) is 5.91 Å². The number of hydrogen-bond donors (Lipinski definition) is 2. The Kier molecular flexibility index (Phi) is 5.72. The molecular weight excluding hydrogens is 350 g/mol. The molecule has 0 radical (unpaired) electrons. The van der Waals surface area contributed by atoms with Gasteiger partial charge in [-0.2, -0.15) is 0 Å². The molecule has 152 valence electrons. The normalized spacial score (nSPS) is 27.2. The SMILES string of the molecule is Cc1cccc(C)c1NC(=O)C[NH+]1CCN(C(=O)C[C@@H]2C[C@@H]3CC[C@@H]2C3)CC1. The molecule has 5 nitrogen and oxygen atoms in total. The number of nitrogens with zero attached hydrogens (tertiary/aromatic N) is 1.